The SMILES string of the molecule is CO[C@@H]1C[C@H](C(=O)NCc2ccc3ccccc3n2)CC[C@@H]1O. The van der Waals surface area contributed by atoms with Crippen molar-refractivity contribution in [3.63, 3.8) is 0 Å². The number of nitrogens with zero attached hydrogens (tertiary/aromatic N) is 1. The number of hydrogen-bond acceptors (Lipinski definition) is 4. The second-order valence-electron chi connectivity index (χ2n) is 6.06. The Morgan fingerprint density at radius 2 is 2.13 bits per heavy atom. The number of nitrogens with one attached hydrogen (secondary N) is 1. The number of carbonyl (C=O) groups is 1. The predicted octanol–water partition coefficient (Wildman–Crippen LogP) is 2.03. The van der Waals surface area contributed by atoms with Crippen LogP contribution in [0.1, 0.15) is 25.0 Å². The molecule has 1 aliphatic rings. The number of pyridine rings is 1. The van der Waals surface area contributed by atoms with Gasteiger partial charge in [0, 0.05) is 18.4 Å². The molecule has 1 amide bonds. The fraction of sp³-hybridized carbons (Fsp3) is 0.444. The number of benzene rings is 1. The van der Waals surface area contributed by atoms with Gasteiger partial charge in [0.1, 0.15) is 0 Å². The van der Waals surface area contributed by atoms with E-state index in [9.17, 15) is 9.90 Å². The van der Waals surface area contributed by atoms with Gasteiger partial charge in [-0.1, -0.05) is 24.3 Å². The molecule has 0 spiro atoms. The number of para-hydroxylation sites is 1. The van der Waals surface area contributed by atoms with Gasteiger partial charge in [-0.05, 0) is 31.4 Å². The lowest BCUT2D eigenvalue weighted by molar-refractivity contribution is -0.130. The molecular weight excluding hydrogens is 292 g/mol. The number of ether oxygens (including phenoxy) is 1. The molecule has 0 unspecified atom stereocenters. The molecule has 5 nitrogen and oxygen atoms in total. The topological polar surface area (TPSA) is 71.5 Å². The van der Waals surface area contributed by atoms with Gasteiger partial charge < -0.3 is 15.2 Å². The number of rotatable bonds is 4. The van der Waals surface area contributed by atoms with E-state index >= 15 is 0 Å². The van der Waals surface area contributed by atoms with Gasteiger partial charge in [0.15, 0.2) is 0 Å². The Kier molecular flexibility index (Phi) is 4.88. The average Bonchev–Trinajstić information content (AvgIpc) is 2.60. The first kappa shape index (κ1) is 15.9. The van der Waals surface area contributed by atoms with Crippen LogP contribution in [0.25, 0.3) is 10.9 Å². The Bertz CT molecular complexity index is 689. The lowest BCUT2D eigenvalue weighted by Gasteiger charge is -2.31. The molecule has 3 atom stereocenters. The number of methoxy groups -OCH3 is 1. The molecule has 122 valence electrons. The predicted molar refractivity (Wildman–Crippen MR) is 87.7 cm³/mol. The summed E-state index contributed by atoms with van der Waals surface area (Å²) in [6.07, 6.45) is 1.14. The van der Waals surface area contributed by atoms with Crippen LogP contribution < -0.4 is 5.32 Å². The average molecular weight is 314 g/mol. The van der Waals surface area contributed by atoms with Gasteiger partial charge in [0.2, 0.25) is 5.91 Å². The smallest absolute Gasteiger partial charge is 0.223 e. The summed E-state index contributed by atoms with van der Waals surface area (Å²) < 4.78 is 5.25. The summed E-state index contributed by atoms with van der Waals surface area (Å²) in [6, 6.07) is 11.9. The molecule has 1 fully saturated rings. The fourth-order valence-electron chi connectivity index (χ4n) is 3.13. The molecule has 1 aromatic carbocycles. The van der Waals surface area contributed by atoms with Crippen molar-refractivity contribution >= 4 is 16.8 Å². The summed E-state index contributed by atoms with van der Waals surface area (Å²) in [5.41, 5.74) is 1.77. The highest BCUT2D eigenvalue weighted by Gasteiger charge is 2.32. The fourth-order valence-corrected chi connectivity index (χ4v) is 3.13. The van der Waals surface area contributed by atoms with E-state index in [0.29, 0.717) is 25.8 Å². The maximum Gasteiger partial charge on any atom is 0.223 e. The second kappa shape index (κ2) is 7.06. The molecule has 1 aromatic heterocycles. The number of hydrogen-bond donors (Lipinski definition) is 2. The van der Waals surface area contributed by atoms with E-state index in [0.717, 1.165) is 16.6 Å². The van der Waals surface area contributed by atoms with Crippen molar-refractivity contribution < 1.29 is 14.6 Å². The number of amides is 1. The molecule has 2 aromatic rings. The van der Waals surface area contributed by atoms with Crippen molar-refractivity contribution in [3.8, 4) is 0 Å². The van der Waals surface area contributed by atoms with Gasteiger partial charge in [-0.15, -0.1) is 0 Å². The molecule has 0 saturated heterocycles. The molecular formula is C18H22N2O3. The van der Waals surface area contributed by atoms with Gasteiger partial charge in [-0.3, -0.25) is 9.78 Å². The number of carbonyl (C=O) groups excluding carboxylic acids is 1. The first-order valence-corrected chi connectivity index (χ1v) is 8.00. The molecule has 1 aliphatic carbocycles. The quantitative estimate of drug-likeness (QED) is 0.906. The van der Waals surface area contributed by atoms with E-state index in [-0.39, 0.29) is 17.9 Å². The first-order valence-electron chi connectivity index (χ1n) is 8.00. The van der Waals surface area contributed by atoms with Crippen LogP contribution in [-0.2, 0) is 16.1 Å². The van der Waals surface area contributed by atoms with Crippen LogP contribution >= 0.6 is 0 Å². The van der Waals surface area contributed by atoms with Gasteiger partial charge >= 0.3 is 0 Å². The highest BCUT2D eigenvalue weighted by Crippen LogP contribution is 2.26. The summed E-state index contributed by atoms with van der Waals surface area (Å²) in [6.45, 7) is 0.417. The van der Waals surface area contributed by atoms with Crippen molar-refractivity contribution in [2.75, 3.05) is 7.11 Å². The highest BCUT2D eigenvalue weighted by molar-refractivity contribution is 5.80. The van der Waals surface area contributed by atoms with E-state index in [4.69, 9.17) is 4.74 Å². The zero-order chi connectivity index (χ0) is 16.2. The minimum Gasteiger partial charge on any atom is -0.390 e. The maximum atomic E-state index is 12.3. The van der Waals surface area contributed by atoms with Crippen LogP contribution in [0.15, 0.2) is 36.4 Å². The van der Waals surface area contributed by atoms with Crippen LogP contribution in [0, 0.1) is 5.92 Å². The second-order valence-corrected chi connectivity index (χ2v) is 6.06. The third-order valence-electron chi connectivity index (χ3n) is 4.53. The molecule has 5 heteroatoms. The van der Waals surface area contributed by atoms with Crippen LogP contribution in [0.5, 0.6) is 0 Å². The van der Waals surface area contributed by atoms with E-state index in [2.05, 4.69) is 10.3 Å². The standard InChI is InChI=1S/C18H22N2O3/c1-23-17-10-13(7-9-16(17)21)18(22)19-11-14-8-6-12-4-2-3-5-15(12)20-14/h2-6,8,13,16-17,21H,7,9-11H2,1H3,(H,19,22)/t13-,16+,17-/m1/s1. The zero-order valence-corrected chi connectivity index (χ0v) is 13.2. The third kappa shape index (κ3) is 3.68. The minimum atomic E-state index is -0.466. The van der Waals surface area contributed by atoms with Crippen LogP contribution in [0.4, 0.5) is 0 Å². The van der Waals surface area contributed by atoms with Crippen molar-refractivity contribution in [2.45, 2.75) is 38.0 Å². The van der Waals surface area contributed by atoms with Crippen molar-refractivity contribution in [1.29, 1.82) is 0 Å². The van der Waals surface area contributed by atoms with E-state index in [1.165, 1.54) is 0 Å². The van der Waals surface area contributed by atoms with Crippen LogP contribution in [0.2, 0.25) is 0 Å². The van der Waals surface area contributed by atoms with E-state index in [1.54, 1.807) is 7.11 Å². The van der Waals surface area contributed by atoms with Crippen molar-refractivity contribution in [3.05, 3.63) is 42.1 Å². The Labute approximate surface area is 135 Å². The summed E-state index contributed by atoms with van der Waals surface area (Å²) >= 11 is 0. The lowest BCUT2D eigenvalue weighted by Crippen LogP contribution is -2.41. The monoisotopic (exact) mass is 314 g/mol. The maximum absolute atomic E-state index is 12.3. The van der Waals surface area contributed by atoms with Gasteiger partial charge in [0.05, 0.1) is 30.0 Å². The van der Waals surface area contributed by atoms with Gasteiger partial charge in [-0.2, -0.15) is 0 Å². The summed E-state index contributed by atoms with van der Waals surface area (Å²) in [4.78, 5) is 16.9. The molecule has 0 radical (unpaired) electrons. The molecule has 1 heterocycles. The number of aromatic nitrogens is 1. The summed E-state index contributed by atoms with van der Waals surface area (Å²) in [5, 5.41) is 13.9. The summed E-state index contributed by atoms with van der Waals surface area (Å²) in [7, 11) is 1.58. The van der Waals surface area contributed by atoms with Crippen molar-refractivity contribution in [1.82, 2.24) is 10.3 Å². The molecule has 1 saturated carbocycles. The van der Waals surface area contributed by atoms with Crippen LogP contribution in [0.3, 0.4) is 0 Å². The highest BCUT2D eigenvalue weighted by atomic mass is 16.5. The largest absolute Gasteiger partial charge is 0.390 e. The Hall–Kier alpha value is -1.98. The Morgan fingerprint density at radius 1 is 1.30 bits per heavy atom. The van der Waals surface area contributed by atoms with Gasteiger partial charge in [0.25, 0.3) is 0 Å². The minimum absolute atomic E-state index is 0.00825. The summed E-state index contributed by atoms with van der Waals surface area (Å²) in [5.74, 6) is -0.0993. The molecule has 0 bridgehead atoms. The zero-order valence-electron chi connectivity index (χ0n) is 13.2. The third-order valence-corrected chi connectivity index (χ3v) is 4.53. The van der Waals surface area contributed by atoms with Crippen molar-refractivity contribution in [2.24, 2.45) is 5.92 Å². The van der Waals surface area contributed by atoms with E-state index < -0.39 is 6.10 Å². The molecule has 3 rings (SSSR count). The van der Waals surface area contributed by atoms with E-state index in [1.807, 2.05) is 36.4 Å². The molecule has 23 heavy (non-hydrogen) atoms. The molecule has 2 N–H and O–H groups in total. The molecule has 0 aliphatic heterocycles. The number of aliphatic hydroxyl groups excluding tert-OH is 1. The van der Waals surface area contributed by atoms with Gasteiger partial charge in [-0.25, -0.2) is 0 Å². The number of fused-ring (bicyclic) bond motifs is 1. The van der Waals surface area contributed by atoms with Crippen LogP contribution in [-0.4, -0.2) is 35.3 Å². The Morgan fingerprint density at radius 3 is 2.96 bits per heavy atom. The first-order chi connectivity index (χ1) is 11.2. The number of aliphatic hydroxyl groups is 1. The lowest BCUT2D eigenvalue weighted by atomic mass is 9.84. The Balaban J connectivity index is 1.59. The normalized spacial score (nSPS) is 24.5.